The Morgan fingerprint density at radius 2 is 1.66 bits per heavy atom. The van der Waals surface area contributed by atoms with E-state index in [1.165, 1.54) is 5.69 Å². The van der Waals surface area contributed by atoms with E-state index in [1.54, 1.807) is 0 Å². The van der Waals surface area contributed by atoms with Crippen LogP contribution in [0.15, 0.2) is 54.6 Å². The van der Waals surface area contributed by atoms with E-state index in [-0.39, 0.29) is 5.60 Å². The van der Waals surface area contributed by atoms with Gasteiger partial charge in [-0.15, -0.1) is 0 Å². The number of fused-ring (bicyclic) bond motifs is 2. The first kappa shape index (κ1) is 22.1. The molecular formula is C28H32N6O. The fourth-order valence-corrected chi connectivity index (χ4v) is 5.02. The van der Waals surface area contributed by atoms with Crippen molar-refractivity contribution in [2.45, 2.75) is 25.9 Å². The Morgan fingerprint density at radius 1 is 0.943 bits per heavy atom. The lowest BCUT2D eigenvalue weighted by Crippen LogP contribution is -2.44. The highest BCUT2D eigenvalue weighted by Gasteiger charge is 2.24. The van der Waals surface area contributed by atoms with Crippen LogP contribution in [0.5, 0.6) is 0 Å². The van der Waals surface area contributed by atoms with Crippen LogP contribution in [0.2, 0.25) is 0 Å². The molecule has 1 unspecified atom stereocenters. The van der Waals surface area contributed by atoms with Gasteiger partial charge in [-0.25, -0.2) is 9.97 Å². The van der Waals surface area contributed by atoms with E-state index in [0.29, 0.717) is 6.61 Å². The summed E-state index contributed by atoms with van der Waals surface area (Å²) in [6.45, 7) is 9.15. The predicted octanol–water partition coefficient (Wildman–Crippen LogP) is 5.00. The molecule has 2 aliphatic rings. The molecule has 35 heavy (non-hydrogen) atoms. The van der Waals surface area contributed by atoms with Crippen molar-refractivity contribution in [3.05, 3.63) is 60.5 Å². The lowest BCUT2D eigenvalue weighted by atomic mass is 9.93. The van der Waals surface area contributed by atoms with Crippen molar-refractivity contribution >= 4 is 33.3 Å². The van der Waals surface area contributed by atoms with Crippen LogP contribution in [0.1, 0.15) is 26.1 Å². The maximum Gasteiger partial charge on any atom is 0.138 e. The molecule has 1 aliphatic carbocycles. The summed E-state index contributed by atoms with van der Waals surface area (Å²) in [6.07, 6.45) is 7.28. The van der Waals surface area contributed by atoms with Crippen molar-refractivity contribution in [3.8, 4) is 11.4 Å². The van der Waals surface area contributed by atoms with E-state index in [9.17, 15) is 0 Å². The van der Waals surface area contributed by atoms with E-state index >= 15 is 0 Å². The molecule has 7 nitrogen and oxygen atoms in total. The van der Waals surface area contributed by atoms with Gasteiger partial charge in [0.05, 0.1) is 27.7 Å². The number of piperazine rings is 1. The smallest absolute Gasteiger partial charge is 0.138 e. The van der Waals surface area contributed by atoms with Gasteiger partial charge in [0.1, 0.15) is 11.6 Å². The van der Waals surface area contributed by atoms with Crippen molar-refractivity contribution in [2.75, 3.05) is 44.7 Å². The minimum absolute atomic E-state index is 0.233. The summed E-state index contributed by atoms with van der Waals surface area (Å²) < 4.78 is 5.87. The van der Waals surface area contributed by atoms with Crippen molar-refractivity contribution in [2.24, 2.45) is 0 Å². The van der Waals surface area contributed by atoms with Crippen molar-refractivity contribution in [3.63, 3.8) is 0 Å². The number of hydrogen-bond donors (Lipinski definition) is 2. The van der Waals surface area contributed by atoms with Crippen molar-refractivity contribution < 1.29 is 4.74 Å². The van der Waals surface area contributed by atoms with Gasteiger partial charge in [0.2, 0.25) is 0 Å². The third-order valence-electron chi connectivity index (χ3n) is 7.18. The number of ether oxygens (including phenoxy) is 1. The predicted molar refractivity (Wildman–Crippen MR) is 143 cm³/mol. The molecular weight excluding hydrogens is 436 g/mol. The number of nitrogens with one attached hydrogen (secondary N) is 2. The third-order valence-corrected chi connectivity index (χ3v) is 7.18. The Kier molecular flexibility index (Phi) is 5.46. The van der Waals surface area contributed by atoms with Gasteiger partial charge in [0.25, 0.3) is 0 Å². The van der Waals surface area contributed by atoms with Gasteiger partial charge < -0.3 is 24.5 Å². The van der Waals surface area contributed by atoms with Gasteiger partial charge >= 0.3 is 0 Å². The van der Waals surface area contributed by atoms with Crippen LogP contribution >= 0.6 is 0 Å². The Labute approximate surface area is 205 Å². The molecule has 1 saturated heterocycles. The Morgan fingerprint density at radius 3 is 2.40 bits per heavy atom. The van der Waals surface area contributed by atoms with Crippen LogP contribution < -0.4 is 4.90 Å². The van der Waals surface area contributed by atoms with Crippen LogP contribution in [0.25, 0.3) is 39.0 Å². The minimum atomic E-state index is -0.233. The maximum absolute atomic E-state index is 5.87. The van der Waals surface area contributed by atoms with E-state index in [2.05, 4.69) is 88.4 Å². The molecule has 6 rings (SSSR count). The fraction of sp³-hybridized carbons (Fsp3) is 0.357. The molecule has 2 aromatic carbocycles. The molecule has 3 heterocycles. The highest BCUT2D eigenvalue weighted by Crippen LogP contribution is 2.31. The molecule has 0 spiro atoms. The van der Waals surface area contributed by atoms with Crippen molar-refractivity contribution in [1.82, 2.24) is 24.8 Å². The van der Waals surface area contributed by atoms with Crippen LogP contribution in [0, 0.1) is 0 Å². The second-order valence-electron chi connectivity index (χ2n) is 9.84. The van der Waals surface area contributed by atoms with Gasteiger partial charge in [-0.1, -0.05) is 18.2 Å². The number of H-pyrrole nitrogens is 2. The van der Waals surface area contributed by atoms with Crippen LogP contribution in [0.4, 0.5) is 5.69 Å². The minimum Gasteiger partial charge on any atom is -0.371 e. The molecule has 4 aromatic rings. The van der Waals surface area contributed by atoms with E-state index in [1.807, 2.05) is 6.92 Å². The van der Waals surface area contributed by atoms with Gasteiger partial charge in [0, 0.05) is 49.6 Å². The number of nitrogens with zero attached hydrogens (tertiary/aromatic N) is 4. The molecule has 0 amide bonds. The number of imidazole rings is 2. The first-order valence-corrected chi connectivity index (χ1v) is 12.5. The average molecular weight is 469 g/mol. The zero-order valence-electron chi connectivity index (χ0n) is 20.6. The summed E-state index contributed by atoms with van der Waals surface area (Å²) in [5.74, 6) is 1.76. The summed E-state index contributed by atoms with van der Waals surface area (Å²) in [5.41, 5.74) is 7.16. The molecule has 1 atom stereocenters. The second kappa shape index (κ2) is 8.66. The molecule has 1 aliphatic heterocycles. The number of benzene rings is 2. The summed E-state index contributed by atoms with van der Waals surface area (Å²) in [5, 5.41) is 0. The maximum atomic E-state index is 5.87. The topological polar surface area (TPSA) is 73.1 Å². The Hall–Kier alpha value is -3.42. The highest BCUT2D eigenvalue weighted by atomic mass is 16.5. The lowest BCUT2D eigenvalue weighted by Gasteiger charge is -2.34. The molecule has 2 N–H and O–H groups in total. The molecule has 7 heteroatoms. The van der Waals surface area contributed by atoms with Crippen molar-refractivity contribution in [1.29, 1.82) is 0 Å². The van der Waals surface area contributed by atoms with Crippen LogP contribution in [-0.4, -0.2) is 70.3 Å². The standard InChI is InChI=1S/C28H32N6O/c1-4-35-28(2)11-9-19(10-12-28)26-29-22-7-5-20(17-24(22)31-26)27-30-23-8-6-21(18-25(23)32-27)34-15-13-33(3)14-16-34/h5-11,17-18H,4,12-16H2,1-3H3,(H,29,31)(H,30,32). The Balaban J connectivity index is 1.26. The SMILES string of the molecule is CCOC1(C)C=CC(c2nc3ccc(-c4nc5ccc(N6CCN(C)CC6)cc5[nH]4)cc3[nH]2)=CC1. The van der Waals surface area contributed by atoms with E-state index in [4.69, 9.17) is 14.7 Å². The molecule has 1 fully saturated rings. The van der Waals surface area contributed by atoms with E-state index in [0.717, 1.165) is 77.5 Å². The number of hydrogen-bond acceptors (Lipinski definition) is 5. The lowest BCUT2D eigenvalue weighted by molar-refractivity contribution is 0.0155. The second-order valence-corrected chi connectivity index (χ2v) is 9.84. The summed E-state index contributed by atoms with van der Waals surface area (Å²) in [4.78, 5) is 21.5. The number of likely N-dealkylation sites (N-methyl/N-ethyl adjacent to an activating group) is 1. The zero-order chi connectivity index (χ0) is 24.0. The normalized spacial score (nSPS) is 21.2. The third kappa shape index (κ3) is 4.26. The van der Waals surface area contributed by atoms with Gasteiger partial charge in [0.15, 0.2) is 0 Å². The molecule has 0 bridgehead atoms. The zero-order valence-corrected chi connectivity index (χ0v) is 20.6. The monoisotopic (exact) mass is 468 g/mol. The van der Waals surface area contributed by atoms with Gasteiger partial charge in [-0.05, 0) is 63.7 Å². The number of rotatable bonds is 5. The number of aromatic nitrogens is 4. The summed E-state index contributed by atoms with van der Waals surface area (Å²) in [6, 6.07) is 12.8. The number of allylic oxidation sites excluding steroid dienone is 2. The first-order chi connectivity index (χ1) is 17.0. The number of anilines is 1. The molecule has 2 aromatic heterocycles. The Bertz CT molecular complexity index is 1440. The molecule has 0 radical (unpaired) electrons. The average Bonchev–Trinajstić information content (AvgIpc) is 3.48. The van der Waals surface area contributed by atoms with Gasteiger partial charge in [-0.3, -0.25) is 0 Å². The molecule has 0 saturated carbocycles. The summed E-state index contributed by atoms with van der Waals surface area (Å²) >= 11 is 0. The van der Waals surface area contributed by atoms with E-state index < -0.39 is 0 Å². The quantitative estimate of drug-likeness (QED) is 0.431. The van der Waals surface area contributed by atoms with Gasteiger partial charge in [-0.2, -0.15) is 0 Å². The summed E-state index contributed by atoms with van der Waals surface area (Å²) in [7, 11) is 2.18. The number of aromatic amines is 2. The van der Waals surface area contributed by atoms with Crippen LogP contribution in [-0.2, 0) is 4.74 Å². The van der Waals surface area contributed by atoms with Crippen LogP contribution in [0.3, 0.4) is 0 Å². The first-order valence-electron chi connectivity index (χ1n) is 12.5. The largest absolute Gasteiger partial charge is 0.371 e. The molecule has 180 valence electrons. The highest BCUT2D eigenvalue weighted by molar-refractivity contribution is 5.87. The fourth-order valence-electron chi connectivity index (χ4n) is 5.02.